The van der Waals surface area contributed by atoms with Gasteiger partial charge in [-0.15, -0.1) is 15.3 Å². The average Bonchev–Trinajstić information content (AvgIpc) is 3.33. The number of nitrogen functional groups attached to an aromatic ring is 1. The highest BCUT2D eigenvalue weighted by Crippen LogP contribution is 2.24. The molecule has 0 aliphatic carbocycles. The van der Waals surface area contributed by atoms with Gasteiger partial charge in [0.1, 0.15) is 5.69 Å². The molecule has 0 unspecified atom stereocenters. The molecule has 2 heterocycles. The van der Waals surface area contributed by atoms with Crippen LogP contribution in [0, 0.1) is 0 Å². The molecule has 0 amide bonds. The van der Waals surface area contributed by atoms with Crippen LogP contribution in [-0.4, -0.2) is 25.2 Å². The molecule has 9 heteroatoms. The van der Waals surface area contributed by atoms with Crippen LogP contribution < -0.4 is 5.73 Å². The number of hydrogen-bond donors (Lipinski definition) is 1. The van der Waals surface area contributed by atoms with Gasteiger partial charge in [0.2, 0.25) is 5.89 Å². The first kappa shape index (κ1) is 16.8. The molecule has 0 aliphatic heterocycles. The van der Waals surface area contributed by atoms with Crippen LogP contribution in [0.1, 0.15) is 17.9 Å². The third-order valence-electron chi connectivity index (χ3n) is 3.92. The number of nitrogens with two attached hydrogens (primary N) is 1. The van der Waals surface area contributed by atoms with Crippen molar-refractivity contribution in [2.75, 3.05) is 5.73 Å². The lowest BCUT2D eigenvalue weighted by molar-refractivity contribution is 0.116. The molecule has 2 aromatic carbocycles. The van der Waals surface area contributed by atoms with Crippen LogP contribution in [0.3, 0.4) is 0 Å². The first-order valence-corrected chi connectivity index (χ1v) is 8.05. The Balaban J connectivity index is 1.48. The summed E-state index contributed by atoms with van der Waals surface area (Å²) in [5.41, 5.74) is 9.58. The molecule has 0 saturated carbocycles. The van der Waals surface area contributed by atoms with Gasteiger partial charge in [0.25, 0.3) is 5.89 Å². The maximum Gasteiger partial charge on any atom is 0.314 e. The van der Waals surface area contributed by atoms with Gasteiger partial charge in [0.15, 0.2) is 0 Å². The molecule has 0 bridgehead atoms. The standard InChI is InChI=1S/C18H14F2N6O/c19-16(20)18-24-23-17(27-18)13-3-1-11(2-4-13)9-26-10-15(22-25-26)12-5-7-14(21)8-6-12/h1-8,10,16H,9,21H2. The van der Waals surface area contributed by atoms with E-state index >= 15 is 0 Å². The summed E-state index contributed by atoms with van der Waals surface area (Å²) >= 11 is 0. The van der Waals surface area contributed by atoms with Crippen molar-refractivity contribution in [1.29, 1.82) is 0 Å². The van der Waals surface area contributed by atoms with E-state index in [0.717, 1.165) is 16.8 Å². The topological polar surface area (TPSA) is 95.7 Å². The van der Waals surface area contributed by atoms with Crippen molar-refractivity contribution in [2.24, 2.45) is 0 Å². The van der Waals surface area contributed by atoms with E-state index in [0.29, 0.717) is 17.8 Å². The monoisotopic (exact) mass is 368 g/mol. The second kappa shape index (κ2) is 6.94. The lowest BCUT2D eigenvalue weighted by Gasteiger charge is -2.02. The summed E-state index contributed by atoms with van der Waals surface area (Å²) in [5.74, 6) is -0.630. The predicted molar refractivity (Wildman–Crippen MR) is 93.7 cm³/mol. The quantitative estimate of drug-likeness (QED) is 0.541. The highest BCUT2D eigenvalue weighted by molar-refractivity contribution is 5.60. The fourth-order valence-corrected chi connectivity index (χ4v) is 2.54. The highest BCUT2D eigenvalue weighted by Gasteiger charge is 2.16. The zero-order valence-corrected chi connectivity index (χ0v) is 14.0. The maximum absolute atomic E-state index is 12.5. The summed E-state index contributed by atoms with van der Waals surface area (Å²) < 4.78 is 31.7. The van der Waals surface area contributed by atoms with Gasteiger partial charge in [0, 0.05) is 16.8 Å². The van der Waals surface area contributed by atoms with E-state index in [2.05, 4.69) is 20.5 Å². The van der Waals surface area contributed by atoms with Crippen LogP contribution in [0.15, 0.2) is 59.1 Å². The minimum Gasteiger partial charge on any atom is -0.415 e. The molecule has 0 radical (unpaired) electrons. The summed E-state index contributed by atoms with van der Waals surface area (Å²) in [6.45, 7) is 0.508. The van der Waals surface area contributed by atoms with Crippen LogP contribution in [-0.2, 0) is 6.54 Å². The van der Waals surface area contributed by atoms with Crippen molar-refractivity contribution in [1.82, 2.24) is 25.2 Å². The van der Waals surface area contributed by atoms with Crippen molar-refractivity contribution in [2.45, 2.75) is 13.0 Å². The number of hydrogen-bond acceptors (Lipinski definition) is 6. The Morgan fingerprint density at radius 1 is 0.926 bits per heavy atom. The summed E-state index contributed by atoms with van der Waals surface area (Å²) in [5, 5.41) is 15.2. The number of aromatic nitrogens is 5. The minimum atomic E-state index is -2.78. The van der Waals surface area contributed by atoms with E-state index in [1.54, 1.807) is 16.8 Å². The van der Waals surface area contributed by atoms with Gasteiger partial charge in [-0.25, -0.2) is 4.68 Å². The maximum atomic E-state index is 12.5. The third kappa shape index (κ3) is 3.66. The molecule has 0 atom stereocenters. The fourth-order valence-electron chi connectivity index (χ4n) is 2.54. The summed E-state index contributed by atoms with van der Waals surface area (Å²) in [6, 6.07) is 14.5. The summed E-state index contributed by atoms with van der Waals surface area (Å²) in [6.07, 6.45) is -0.945. The molecule has 4 rings (SSSR count). The first-order valence-electron chi connectivity index (χ1n) is 8.05. The van der Waals surface area contributed by atoms with Crippen LogP contribution in [0.25, 0.3) is 22.7 Å². The van der Waals surface area contributed by atoms with Gasteiger partial charge in [-0.2, -0.15) is 8.78 Å². The van der Waals surface area contributed by atoms with Gasteiger partial charge in [-0.05, 0) is 29.8 Å². The van der Waals surface area contributed by atoms with Crippen LogP contribution in [0.5, 0.6) is 0 Å². The summed E-state index contributed by atoms with van der Waals surface area (Å²) in [4.78, 5) is 0. The number of benzene rings is 2. The second-order valence-corrected chi connectivity index (χ2v) is 5.87. The molecule has 136 valence electrons. The minimum absolute atomic E-state index is 0.0586. The Morgan fingerprint density at radius 3 is 2.30 bits per heavy atom. The van der Waals surface area contributed by atoms with E-state index in [4.69, 9.17) is 10.2 Å². The van der Waals surface area contributed by atoms with Crippen molar-refractivity contribution in [3.8, 4) is 22.7 Å². The molecule has 2 aromatic heterocycles. The molecule has 0 spiro atoms. The highest BCUT2D eigenvalue weighted by atomic mass is 19.3. The smallest absolute Gasteiger partial charge is 0.314 e. The zero-order valence-electron chi connectivity index (χ0n) is 14.0. The normalized spacial score (nSPS) is 11.2. The number of nitrogens with zero attached hydrogens (tertiary/aromatic N) is 5. The average molecular weight is 368 g/mol. The number of anilines is 1. The van der Waals surface area contributed by atoms with Crippen molar-refractivity contribution in [3.05, 3.63) is 66.2 Å². The van der Waals surface area contributed by atoms with Gasteiger partial charge < -0.3 is 10.2 Å². The molecule has 7 nitrogen and oxygen atoms in total. The molecular formula is C18H14F2N6O. The Hall–Kier alpha value is -3.62. The molecule has 4 aromatic rings. The lowest BCUT2D eigenvalue weighted by Crippen LogP contribution is -2.00. The molecular weight excluding hydrogens is 354 g/mol. The number of alkyl halides is 2. The lowest BCUT2D eigenvalue weighted by atomic mass is 10.1. The fraction of sp³-hybridized carbons (Fsp3) is 0.111. The van der Waals surface area contributed by atoms with E-state index in [1.165, 1.54) is 0 Å². The number of rotatable bonds is 5. The summed E-state index contributed by atoms with van der Waals surface area (Å²) in [7, 11) is 0. The van der Waals surface area contributed by atoms with Crippen LogP contribution in [0.4, 0.5) is 14.5 Å². The van der Waals surface area contributed by atoms with Crippen LogP contribution in [0.2, 0.25) is 0 Å². The Labute approximate surface area is 152 Å². The number of halogens is 2. The van der Waals surface area contributed by atoms with Gasteiger partial charge in [-0.3, -0.25) is 0 Å². The third-order valence-corrected chi connectivity index (χ3v) is 3.92. The van der Waals surface area contributed by atoms with Crippen molar-refractivity contribution >= 4 is 5.69 Å². The van der Waals surface area contributed by atoms with E-state index in [-0.39, 0.29) is 5.89 Å². The Kier molecular flexibility index (Phi) is 4.33. The Morgan fingerprint density at radius 2 is 1.63 bits per heavy atom. The van der Waals surface area contributed by atoms with Crippen molar-refractivity contribution in [3.63, 3.8) is 0 Å². The van der Waals surface area contributed by atoms with E-state index in [1.807, 2.05) is 42.6 Å². The predicted octanol–water partition coefficient (Wildman–Crippen LogP) is 3.56. The largest absolute Gasteiger partial charge is 0.415 e. The van der Waals surface area contributed by atoms with Crippen molar-refractivity contribution < 1.29 is 13.2 Å². The SMILES string of the molecule is Nc1ccc(-c2cn(Cc3ccc(-c4nnc(C(F)F)o4)cc3)nn2)cc1. The second-order valence-electron chi connectivity index (χ2n) is 5.87. The zero-order chi connectivity index (χ0) is 18.8. The molecule has 0 saturated heterocycles. The molecule has 0 aliphatic rings. The molecule has 27 heavy (non-hydrogen) atoms. The Bertz CT molecular complexity index is 1040. The van der Waals surface area contributed by atoms with Crippen LogP contribution >= 0.6 is 0 Å². The molecule has 2 N–H and O–H groups in total. The van der Waals surface area contributed by atoms with Gasteiger partial charge >= 0.3 is 6.43 Å². The van der Waals surface area contributed by atoms with Gasteiger partial charge in [-0.1, -0.05) is 29.5 Å². The van der Waals surface area contributed by atoms with E-state index in [9.17, 15) is 8.78 Å². The van der Waals surface area contributed by atoms with E-state index < -0.39 is 12.3 Å². The van der Waals surface area contributed by atoms with Gasteiger partial charge in [0.05, 0.1) is 12.7 Å². The first-order chi connectivity index (χ1) is 13.1. The molecule has 0 fully saturated rings.